The van der Waals surface area contributed by atoms with Gasteiger partial charge in [-0.3, -0.25) is 9.69 Å². The number of rotatable bonds is 4. The van der Waals surface area contributed by atoms with Gasteiger partial charge < -0.3 is 14.5 Å². The number of carboxylic acids is 1. The number of aliphatic carboxylic acids is 1. The van der Waals surface area contributed by atoms with Gasteiger partial charge in [-0.25, -0.2) is 4.98 Å². The van der Waals surface area contributed by atoms with E-state index in [1.165, 1.54) is 0 Å². The Bertz CT molecular complexity index is 1160. The molecule has 0 bridgehead atoms. The number of halogens is 1. The molecule has 1 fully saturated rings. The molecule has 0 saturated carbocycles. The summed E-state index contributed by atoms with van der Waals surface area (Å²) in [6.45, 7) is 1.37. The van der Waals surface area contributed by atoms with Crippen LogP contribution < -0.4 is 0 Å². The highest BCUT2D eigenvalue weighted by molar-refractivity contribution is 9.10. The van der Waals surface area contributed by atoms with E-state index >= 15 is 0 Å². The van der Waals surface area contributed by atoms with Crippen molar-refractivity contribution in [3.63, 3.8) is 0 Å². The van der Waals surface area contributed by atoms with E-state index in [2.05, 4.69) is 25.9 Å². The molecule has 1 aliphatic rings. The largest absolute Gasteiger partial charge is 0.480 e. The fraction of sp³-hybridized carbons (Fsp3) is 0.273. The zero-order chi connectivity index (χ0) is 20.0. The van der Waals surface area contributed by atoms with Crippen molar-refractivity contribution in [1.82, 2.24) is 14.9 Å². The Morgan fingerprint density at radius 2 is 2.03 bits per heavy atom. The third-order valence-corrected chi connectivity index (χ3v) is 6.25. The first-order chi connectivity index (χ1) is 14.1. The molecule has 29 heavy (non-hydrogen) atoms. The molecule has 1 unspecified atom stereocenters. The van der Waals surface area contributed by atoms with E-state index in [0.717, 1.165) is 50.8 Å². The van der Waals surface area contributed by atoms with Crippen molar-refractivity contribution < 1.29 is 14.3 Å². The molecule has 0 spiro atoms. The number of aromatic nitrogens is 2. The topological polar surface area (TPSA) is 82.4 Å². The van der Waals surface area contributed by atoms with Gasteiger partial charge in [0.1, 0.15) is 11.6 Å². The van der Waals surface area contributed by atoms with E-state index in [-0.39, 0.29) is 5.92 Å². The number of likely N-dealkylation sites (tertiary alicyclic amines) is 1. The lowest BCUT2D eigenvalue weighted by molar-refractivity contribution is -0.144. The molecule has 2 aromatic heterocycles. The summed E-state index contributed by atoms with van der Waals surface area (Å²) >= 11 is 3.46. The Labute approximate surface area is 175 Å². The molecule has 5 rings (SSSR count). The average molecular weight is 454 g/mol. The highest BCUT2D eigenvalue weighted by atomic mass is 79.9. The van der Waals surface area contributed by atoms with E-state index in [1.54, 1.807) is 0 Å². The number of para-hydroxylation sites is 2. The summed E-state index contributed by atoms with van der Waals surface area (Å²) in [7, 11) is 0. The zero-order valence-corrected chi connectivity index (χ0v) is 17.2. The predicted molar refractivity (Wildman–Crippen MR) is 114 cm³/mol. The van der Waals surface area contributed by atoms with Crippen LogP contribution in [0.2, 0.25) is 0 Å². The van der Waals surface area contributed by atoms with Crippen molar-refractivity contribution in [3.8, 4) is 0 Å². The molecule has 0 radical (unpaired) electrons. The Kier molecular flexibility index (Phi) is 4.64. The smallest absolute Gasteiger partial charge is 0.325 e. The summed E-state index contributed by atoms with van der Waals surface area (Å²) in [5.41, 5.74) is 3.42. The molecule has 2 N–H and O–H groups in total. The number of fused-ring (bicyclic) bond motifs is 2. The van der Waals surface area contributed by atoms with Gasteiger partial charge in [-0.15, -0.1) is 0 Å². The molecule has 1 saturated heterocycles. The molecule has 2 aromatic carbocycles. The average Bonchev–Trinajstić information content (AvgIpc) is 3.32. The second-order valence-corrected chi connectivity index (χ2v) is 8.42. The lowest BCUT2D eigenvalue weighted by Crippen LogP contribution is -2.39. The van der Waals surface area contributed by atoms with E-state index in [1.807, 2.05) is 53.6 Å². The zero-order valence-electron chi connectivity index (χ0n) is 15.6. The number of hydrogen-bond donors (Lipinski definition) is 2. The lowest BCUT2D eigenvalue weighted by atomic mass is 9.94. The standard InChI is InChI=1S/C22H20BrN3O3/c23-14-5-6-15-16(12-24-18(15)11-14)20(22(27)28)26-9-7-13(8-10-26)21-25-17-3-1-2-4-19(17)29-21/h1-6,11-13,20,24H,7-10H2,(H,27,28). The fourth-order valence-electron chi connectivity index (χ4n) is 4.30. The molecule has 0 amide bonds. The van der Waals surface area contributed by atoms with Crippen LogP contribution in [0.15, 0.2) is 57.6 Å². The molecular formula is C22H20BrN3O3. The van der Waals surface area contributed by atoms with Gasteiger partial charge in [-0.05, 0) is 37.1 Å². The first-order valence-corrected chi connectivity index (χ1v) is 10.5. The van der Waals surface area contributed by atoms with Gasteiger partial charge >= 0.3 is 5.97 Å². The Hall–Kier alpha value is -2.64. The first-order valence-electron chi connectivity index (χ1n) is 9.69. The van der Waals surface area contributed by atoms with Gasteiger partial charge in [-0.1, -0.05) is 34.1 Å². The van der Waals surface area contributed by atoms with E-state index in [4.69, 9.17) is 4.42 Å². The minimum Gasteiger partial charge on any atom is -0.480 e. The monoisotopic (exact) mass is 453 g/mol. The minimum atomic E-state index is -0.825. The van der Waals surface area contributed by atoms with Crippen LogP contribution in [0.4, 0.5) is 0 Å². The summed E-state index contributed by atoms with van der Waals surface area (Å²) in [4.78, 5) is 22.1. The minimum absolute atomic E-state index is 0.215. The normalized spacial score (nSPS) is 17.1. The third kappa shape index (κ3) is 3.34. The van der Waals surface area contributed by atoms with Gasteiger partial charge in [0.2, 0.25) is 0 Å². The molecule has 7 heteroatoms. The van der Waals surface area contributed by atoms with Crippen LogP contribution in [0.5, 0.6) is 0 Å². The SMILES string of the molecule is O=C(O)C(c1c[nH]c2cc(Br)ccc12)N1CCC(c2nc3ccccc3o2)CC1. The quantitative estimate of drug-likeness (QED) is 0.450. The Balaban J connectivity index is 1.38. The van der Waals surface area contributed by atoms with E-state index < -0.39 is 12.0 Å². The Morgan fingerprint density at radius 3 is 2.79 bits per heavy atom. The van der Waals surface area contributed by atoms with Crippen molar-refractivity contribution in [1.29, 1.82) is 0 Å². The van der Waals surface area contributed by atoms with Crippen LogP contribution in [0.25, 0.3) is 22.0 Å². The van der Waals surface area contributed by atoms with Crippen molar-refractivity contribution in [3.05, 3.63) is 64.6 Å². The number of aromatic amines is 1. The number of oxazole rings is 1. The first kappa shape index (κ1) is 18.4. The lowest BCUT2D eigenvalue weighted by Gasteiger charge is -2.34. The number of benzene rings is 2. The number of H-pyrrole nitrogens is 1. The van der Waals surface area contributed by atoms with Gasteiger partial charge in [-0.2, -0.15) is 0 Å². The molecule has 148 valence electrons. The molecule has 3 heterocycles. The van der Waals surface area contributed by atoms with Crippen LogP contribution in [-0.4, -0.2) is 39.0 Å². The highest BCUT2D eigenvalue weighted by Gasteiger charge is 2.34. The summed E-state index contributed by atoms with van der Waals surface area (Å²) in [6.07, 6.45) is 3.47. The van der Waals surface area contributed by atoms with Crippen LogP contribution >= 0.6 is 15.9 Å². The van der Waals surface area contributed by atoms with Crippen molar-refractivity contribution in [2.24, 2.45) is 0 Å². The van der Waals surface area contributed by atoms with Crippen LogP contribution in [0.1, 0.15) is 36.3 Å². The van der Waals surface area contributed by atoms with Crippen LogP contribution in [0, 0.1) is 0 Å². The van der Waals surface area contributed by atoms with E-state index in [0.29, 0.717) is 13.1 Å². The van der Waals surface area contributed by atoms with E-state index in [9.17, 15) is 9.90 Å². The fourth-order valence-corrected chi connectivity index (χ4v) is 4.66. The maximum atomic E-state index is 12.2. The van der Waals surface area contributed by atoms with Gasteiger partial charge in [0.05, 0.1) is 0 Å². The van der Waals surface area contributed by atoms with Crippen molar-refractivity contribution in [2.75, 3.05) is 13.1 Å². The summed E-state index contributed by atoms with van der Waals surface area (Å²) in [5, 5.41) is 10.9. The molecule has 4 aromatic rings. The summed E-state index contributed by atoms with van der Waals surface area (Å²) < 4.78 is 6.90. The number of nitrogens with one attached hydrogen (secondary N) is 1. The van der Waals surface area contributed by atoms with Gasteiger partial charge in [0, 0.05) is 46.1 Å². The molecule has 6 nitrogen and oxygen atoms in total. The number of piperidine rings is 1. The number of nitrogens with zero attached hydrogens (tertiary/aromatic N) is 2. The molecular weight excluding hydrogens is 434 g/mol. The van der Waals surface area contributed by atoms with Crippen LogP contribution in [-0.2, 0) is 4.79 Å². The third-order valence-electron chi connectivity index (χ3n) is 5.76. The predicted octanol–water partition coefficient (Wildman–Crippen LogP) is 5.08. The highest BCUT2D eigenvalue weighted by Crippen LogP contribution is 2.36. The van der Waals surface area contributed by atoms with Crippen molar-refractivity contribution in [2.45, 2.75) is 24.8 Å². The maximum Gasteiger partial charge on any atom is 0.325 e. The van der Waals surface area contributed by atoms with Gasteiger partial charge in [0.25, 0.3) is 0 Å². The summed E-state index contributed by atoms with van der Waals surface area (Å²) in [5.74, 6) is 0.149. The maximum absolute atomic E-state index is 12.2. The molecule has 1 aliphatic heterocycles. The van der Waals surface area contributed by atoms with Crippen LogP contribution in [0.3, 0.4) is 0 Å². The molecule has 1 atom stereocenters. The van der Waals surface area contributed by atoms with Crippen molar-refractivity contribution >= 4 is 43.9 Å². The van der Waals surface area contributed by atoms with Gasteiger partial charge in [0.15, 0.2) is 11.5 Å². The number of carbonyl (C=O) groups is 1. The second-order valence-electron chi connectivity index (χ2n) is 7.50. The second kappa shape index (κ2) is 7.31. The molecule has 0 aliphatic carbocycles. The summed E-state index contributed by atoms with van der Waals surface area (Å²) in [6, 6.07) is 13.0. The number of carboxylic acid groups (broad SMARTS) is 1. The Morgan fingerprint density at radius 1 is 1.24 bits per heavy atom. The number of hydrogen-bond acceptors (Lipinski definition) is 4.